The van der Waals surface area contributed by atoms with E-state index in [1.165, 1.54) is 29.2 Å². The minimum absolute atomic E-state index is 0.358. The Labute approximate surface area is 143 Å². The van der Waals surface area contributed by atoms with Gasteiger partial charge in [-0.2, -0.15) is 0 Å². The molecule has 2 atom stereocenters. The first-order valence-electron chi connectivity index (χ1n) is 7.92. The van der Waals surface area contributed by atoms with Crippen molar-refractivity contribution in [3.05, 3.63) is 65.0 Å². The zero-order valence-corrected chi connectivity index (χ0v) is 13.7. The summed E-state index contributed by atoms with van der Waals surface area (Å²) in [6, 6.07) is 11.2. The number of benzene rings is 2. The molecule has 2 amide bonds. The number of fused-ring (bicyclic) bond motifs is 1. The summed E-state index contributed by atoms with van der Waals surface area (Å²) in [6.45, 7) is 3.71. The third-order valence-corrected chi connectivity index (χ3v) is 4.62. The topological polar surface area (TPSA) is 59.0 Å². The van der Waals surface area contributed by atoms with Crippen LogP contribution in [0, 0.1) is 25.6 Å². The molecule has 2 aromatic carbocycles. The number of aryl methyl sites for hydroxylation is 2. The molecule has 1 fully saturated rings. The first-order chi connectivity index (χ1) is 12.0. The number of halogens is 1. The molecule has 2 aliphatic rings. The molecule has 0 radical (unpaired) electrons. The standard InChI is InChI=1S/C19H15FN2O3/c1-10-4-3-5-11(2)16(10)22-18(23)14-15(21-25-17(14)19(22)24)12-6-8-13(20)9-7-12/h3-9,14,17H,1-2H3/t14-,17+/m0/s1. The molecule has 0 spiro atoms. The molecule has 2 aromatic rings. The maximum absolute atomic E-state index is 13.2. The van der Waals surface area contributed by atoms with E-state index in [1.54, 1.807) is 0 Å². The summed E-state index contributed by atoms with van der Waals surface area (Å²) < 4.78 is 13.2. The van der Waals surface area contributed by atoms with Gasteiger partial charge < -0.3 is 4.84 Å². The lowest BCUT2D eigenvalue weighted by Gasteiger charge is -2.20. The monoisotopic (exact) mass is 338 g/mol. The van der Waals surface area contributed by atoms with Crippen LogP contribution < -0.4 is 4.90 Å². The van der Waals surface area contributed by atoms with Gasteiger partial charge in [-0.05, 0) is 37.1 Å². The Kier molecular flexibility index (Phi) is 3.42. The number of carbonyl (C=O) groups is 2. The summed E-state index contributed by atoms with van der Waals surface area (Å²) in [7, 11) is 0. The van der Waals surface area contributed by atoms with Crippen LogP contribution in [0.4, 0.5) is 10.1 Å². The molecule has 5 nitrogen and oxygen atoms in total. The second-order valence-electron chi connectivity index (χ2n) is 6.24. The van der Waals surface area contributed by atoms with Crippen molar-refractivity contribution in [1.29, 1.82) is 0 Å². The molecule has 0 aliphatic carbocycles. The molecule has 0 aromatic heterocycles. The van der Waals surface area contributed by atoms with Crippen molar-refractivity contribution in [2.45, 2.75) is 20.0 Å². The molecule has 6 heteroatoms. The van der Waals surface area contributed by atoms with Gasteiger partial charge in [-0.1, -0.05) is 35.5 Å². The molecule has 4 rings (SSSR count). The number of para-hydroxylation sites is 1. The molecular formula is C19H15FN2O3. The Balaban J connectivity index is 1.75. The summed E-state index contributed by atoms with van der Waals surface area (Å²) >= 11 is 0. The Morgan fingerprint density at radius 3 is 2.28 bits per heavy atom. The van der Waals surface area contributed by atoms with Crippen LogP contribution in [0.15, 0.2) is 47.6 Å². The molecule has 0 N–H and O–H groups in total. The van der Waals surface area contributed by atoms with Crippen molar-refractivity contribution < 1.29 is 18.8 Å². The molecule has 0 saturated carbocycles. The third kappa shape index (κ3) is 2.25. The van der Waals surface area contributed by atoms with Crippen molar-refractivity contribution in [3.8, 4) is 0 Å². The maximum Gasteiger partial charge on any atom is 0.278 e. The van der Waals surface area contributed by atoms with Crippen LogP contribution in [0.5, 0.6) is 0 Å². The Morgan fingerprint density at radius 2 is 1.64 bits per heavy atom. The highest BCUT2D eigenvalue weighted by Crippen LogP contribution is 2.37. The van der Waals surface area contributed by atoms with Gasteiger partial charge >= 0.3 is 0 Å². The summed E-state index contributed by atoms with van der Waals surface area (Å²) in [6.07, 6.45) is -0.966. The minimum atomic E-state index is -0.966. The Hall–Kier alpha value is -3.02. The summed E-state index contributed by atoms with van der Waals surface area (Å²) in [5, 5.41) is 3.92. The number of hydrogen-bond donors (Lipinski definition) is 0. The van der Waals surface area contributed by atoms with Crippen molar-refractivity contribution in [1.82, 2.24) is 0 Å². The average molecular weight is 338 g/mol. The SMILES string of the molecule is Cc1cccc(C)c1N1C(=O)[C@H]2C(c3ccc(F)cc3)=NO[C@H]2C1=O. The molecule has 1 saturated heterocycles. The number of oxime groups is 1. The van der Waals surface area contributed by atoms with Crippen LogP contribution in [0.25, 0.3) is 0 Å². The van der Waals surface area contributed by atoms with Crippen LogP contribution in [0.2, 0.25) is 0 Å². The van der Waals surface area contributed by atoms with E-state index >= 15 is 0 Å². The fourth-order valence-electron chi connectivity index (χ4n) is 3.42. The van der Waals surface area contributed by atoms with E-state index in [2.05, 4.69) is 5.16 Å². The van der Waals surface area contributed by atoms with Gasteiger partial charge in [0, 0.05) is 5.56 Å². The second-order valence-corrected chi connectivity index (χ2v) is 6.24. The van der Waals surface area contributed by atoms with Gasteiger partial charge in [0.15, 0.2) is 0 Å². The molecule has 0 bridgehead atoms. The number of nitrogens with zero attached hydrogens (tertiary/aromatic N) is 2. The normalized spacial score (nSPS) is 22.0. The number of hydrogen-bond acceptors (Lipinski definition) is 4. The highest BCUT2D eigenvalue weighted by molar-refractivity contribution is 6.32. The fraction of sp³-hybridized carbons (Fsp3) is 0.211. The fourth-order valence-corrected chi connectivity index (χ4v) is 3.42. The van der Waals surface area contributed by atoms with Gasteiger partial charge in [0.2, 0.25) is 12.0 Å². The van der Waals surface area contributed by atoms with Crippen molar-refractivity contribution in [2.24, 2.45) is 11.1 Å². The number of imide groups is 1. The zero-order chi connectivity index (χ0) is 17.7. The average Bonchev–Trinajstić information content (AvgIpc) is 3.11. The van der Waals surface area contributed by atoms with Crippen molar-refractivity contribution >= 4 is 23.2 Å². The van der Waals surface area contributed by atoms with E-state index in [9.17, 15) is 14.0 Å². The van der Waals surface area contributed by atoms with E-state index in [0.29, 0.717) is 17.0 Å². The molecule has 25 heavy (non-hydrogen) atoms. The molecule has 126 valence electrons. The van der Waals surface area contributed by atoms with Gasteiger partial charge in [-0.25, -0.2) is 9.29 Å². The lowest BCUT2D eigenvalue weighted by Crippen LogP contribution is -2.34. The maximum atomic E-state index is 13.2. The van der Waals surface area contributed by atoms with Gasteiger partial charge in [-0.15, -0.1) is 0 Å². The lowest BCUT2D eigenvalue weighted by atomic mass is 9.94. The lowest BCUT2D eigenvalue weighted by molar-refractivity contribution is -0.126. The number of anilines is 1. The minimum Gasteiger partial charge on any atom is -0.381 e. The Morgan fingerprint density at radius 1 is 1.00 bits per heavy atom. The smallest absolute Gasteiger partial charge is 0.278 e. The van der Waals surface area contributed by atoms with Gasteiger partial charge in [0.05, 0.1) is 5.69 Å². The van der Waals surface area contributed by atoms with Crippen LogP contribution in [0.3, 0.4) is 0 Å². The molecule has 2 heterocycles. The first-order valence-corrected chi connectivity index (χ1v) is 7.92. The number of carbonyl (C=O) groups excluding carboxylic acids is 2. The zero-order valence-electron chi connectivity index (χ0n) is 13.7. The molecule has 0 unspecified atom stereocenters. The predicted molar refractivity (Wildman–Crippen MR) is 89.7 cm³/mol. The highest BCUT2D eigenvalue weighted by atomic mass is 19.1. The van der Waals surface area contributed by atoms with Crippen LogP contribution in [-0.4, -0.2) is 23.6 Å². The number of amides is 2. The Bertz CT molecular complexity index is 901. The third-order valence-electron chi connectivity index (χ3n) is 4.62. The van der Waals surface area contributed by atoms with E-state index in [4.69, 9.17) is 4.84 Å². The first kappa shape index (κ1) is 15.5. The predicted octanol–water partition coefficient (Wildman–Crippen LogP) is 2.74. The van der Waals surface area contributed by atoms with E-state index in [0.717, 1.165) is 11.1 Å². The van der Waals surface area contributed by atoms with Gasteiger partial charge in [0.25, 0.3) is 5.91 Å². The van der Waals surface area contributed by atoms with E-state index < -0.39 is 17.9 Å². The van der Waals surface area contributed by atoms with E-state index in [-0.39, 0.29) is 11.7 Å². The summed E-state index contributed by atoms with van der Waals surface area (Å²) in [5.74, 6) is -1.98. The second kappa shape index (κ2) is 5.51. The van der Waals surface area contributed by atoms with Crippen LogP contribution >= 0.6 is 0 Å². The summed E-state index contributed by atoms with van der Waals surface area (Å²) in [5.41, 5.74) is 3.19. The van der Waals surface area contributed by atoms with E-state index in [1.807, 2.05) is 32.0 Å². The van der Waals surface area contributed by atoms with Gasteiger partial charge in [-0.3, -0.25) is 9.59 Å². The van der Waals surface area contributed by atoms with Crippen molar-refractivity contribution in [2.75, 3.05) is 4.90 Å². The number of rotatable bonds is 2. The van der Waals surface area contributed by atoms with Gasteiger partial charge in [0.1, 0.15) is 17.4 Å². The van der Waals surface area contributed by atoms with Crippen LogP contribution in [0.1, 0.15) is 16.7 Å². The van der Waals surface area contributed by atoms with Crippen LogP contribution in [-0.2, 0) is 14.4 Å². The largest absolute Gasteiger partial charge is 0.381 e. The quantitative estimate of drug-likeness (QED) is 0.791. The molecular weight excluding hydrogens is 323 g/mol. The molecule has 2 aliphatic heterocycles. The highest BCUT2D eigenvalue weighted by Gasteiger charge is 2.56. The van der Waals surface area contributed by atoms with Crippen molar-refractivity contribution in [3.63, 3.8) is 0 Å². The summed E-state index contributed by atoms with van der Waals surface area (Å²) in [4.78, 5) is 32.3.